The first-order valence-corrected chi connectivity index (χ1v) is 8.89. The van der Waals surface area contributed by atoms with Crippen LogP contribution in [0, 0.1) is 11.3 Å². The van der Waals surface area contributed by atoms with Gasteiger partial charge in [-0.15, -0.1) is 0 Å². The summed E-state index contributed by atoms with van der Waals surface area (Å²) in [6.45, 7) is 10.8. The molecule has 2 heterocycles. The van der Waals surface area contributed by atoms with E-state index in [0.29, 0.717) is 5.41 Å². The number of hydrogen-bond acceptors (Lipinski definition) is 3. The molecule has 0 aromatic carbocycles. The maximum Gasteiger partial charge on any atom is 0.0271 e. The number of likely N-dealkylation sites (tertiary alicyclic amines) is 1. The minimum absolute atomic E-state index is 0.527. The lowest BCUT2D eigenvalue weighted by atomic mass is 9.91. The third kappa shape index (κ3) is 4.08. The zero-order chi connectivity index (χ0) is 15.6. The van der Waals surface area contributed by atoms with Crippen molar-refractivity contribution in [1.82, 2.24) is 15.2 Å². The van der Waals surface area contributed by atoms with E-state index in [1.165, 1.54) is 44.3 Å². The SMILES string of the molecule is C[C@H]1CC(C)(C)C[C@H]1NC1CCN(Cc2ccncc2)CC1. The molecular weight excluding hydrogens is 270 g/mol. The number of nitrogens with zero attached hydrogens (tertiary/aromatic N) is 2. The Hall–Kier alpha value is -0.930. The molecule has 0 spiro atoms. The van der Waals surface area contributed by atoms with Crippen LogP contribution in [-0.4, -0.2) is 35.1 Å². The molecule has 1 aromatic heterocycles. The highest BCUT2D eigenvalue weighted by molar-refractivity contribution is 5.09. The van der Waals surface area contributed by atoms with E-state index in [1.807, 2.05) is 12.4 Å². The van der Waals surface area contributed by atoms with E-state index < -0.39 is 0 Å². The number of hydrogen-bond donors (Lipinski definition) is 1. The Balaban J connectivity index is 1.44. The quantitative estimate of drug-likeness (QED) is 0.923. The predicted octanol–water partition coefficient (Wildman–Crippen LogP) is 3.46. The normalized spacial score (nSPS) is 29.8. The maximum absolute atomic E-state index is 4.10. The Morgan fingerprint density at radius 3 is 2.45 bits per heavy atom. The minimum atomic E-state index is 0.527. The summed E-state index contributed by atoms with van der Waals surface area (Å²) in [7, 11) is 0. The van der Waals surface area contributed by atoms with Gasteiger partial charge in [0.05, 0.1) is 0 Å². The Kier molecular flexibility index (Phi) is 4.84. The molecule has 1 saturated carbocycles. The van der Waals surface area contributed by atoms with Crippen molar-refractivity contribution < 1.29 is 0 Å². The molecular formula is C19H31N3. The molecule has 1 aromatic rings. The van der Waals surface area contributed by atoms with Crippen LogP contribution in [0.25, 0.3) is 0 Å². The van der Waals surface area contributed by atoms with Gasteiger partial charge in [-0.3, -0.25) is 9.88 Å². The van der Waals surface area contributed by atoms with Gasteiger partial charge in [0.25, 0.3) is 0 Å². The van der Waals surface area contributed by atoms with Gasteiger partial charge in [-0.1, -0.05) is 20.8 Å². The first kappa shape index (κ1) is 15.9. The van der Waals surface area contributed by atoms with E-state index in [1.54, 1.807) is 0 Å². The van der Waals surface area contributed by atoms with E-state index in [9.17, 15) is 0 Å². The van der Waals surface area contributed by atoms with Crippen molar-refractivity contribution >= 4 is 0 Å². The van der Waals surface area contributed by atoms with Crippen molar-refractivity contribution in [2.24, 2.45) is 11.3 Å². The van der Waals surface area contributed by atoms with E-state index in [4.69, 9.17) is 0 Å². The van der Waals surface area contributed by atoms with Gasteiger partial charge in [0, 0.05) is 31.0 Å². The monoisotopic (exact) mass is 301 g/mol. The third-order valence-corrected chi connectivity index (χ3v) is 5.53. The first-order valence-electron chi connectivity index (χ1n) is 8.89. The number of rotatable bonds is 4. The molecule has 0 amide bonds. The Bertz CT molecular complexity index is 463. The molecule has 2 aliphatic rings. The zero-order valence-corrected chi connectivity index (χ0v) is 14.4. The molecule has 2 atom stereocenters. The Labute approximate surface area is 135 Å². The minimum Gasteiger partial charge on any atom is -0.311 e. The molecule has 0 unspecified atom stereocenters. The van der Waals surface area contributed by atoms with Crippen molar-refractivity contribution in [2.75, 3.05) is 13.1 Å². The summed E-state index contributed by atoms with van der Waals surface area (Å²) in [4.78, 5) is 6.68. The second-order valence-corrected chi connectivity index (χ2v) is 8.23. The molecule has 0 radical (unpaired) electrons. The van der Waals surface area contributed by atoms with Gasteiger partial charge in [-0.05, 0) is 67.8 Å². The average molecular weight is 301 g/mol. The van der Waals surface area contributed by atoms with Crippen LogP contribution in [-0.2, 0) is 6.54 Å². The van der Waals surface area contributed by atoms with E-state index in [0.717, 1.165) is 24.5 Å². The summed E-state index contributed by atoms with van der Waals surface area (Å²) < 4.78 is 0. The van der Waals surface area contributed by atoms with Crippen LogP contribution in [0.4, 0.5) is 0 Å². The fourth-order valence-electron chi connectivity index (χ4n) is 4.42. The van der Waals surface area contributed by atoms with Crippen molar-refractivity contribution in [3.8, 4) is 0 Å². The number of pyridine rings is 1. The summed E-state index contributed by atoms with van der Waals surface area (Å²) in [6, 6.07) is 5.71. The Morgan fingerprint density at radius 2 is 1.86 bits per heavy atom. The van der Waals surface area contributed by atoms with Gasteiger partial charge < -0.3 is 5.32 Å². The van der Waals surface area contributed by atoms with Gasteiger partial charge in [-0.25, -0.2) is 0 Å². The fraction of sp³-hybridized carbons (Fsp3) is 0.737. The fourth-order valence-corrected chi connectivity index (χ4v) is 4.42. The van der Waals surface area contributed by atoms with Gasteiger partial charge in [0.15, 0.2) is 0 Å². The second-order valence-electron chi connectivity index (χ2n) is 8.23. The molecule has 3 rings (SSSR count). The summed E-state index contributed by atoms with van der Waals surface area (Å²) in [5.74, 6) is 0.824. The van der Waals surface area contributed by atoms with Crippen LogP contribution in [0.3, 0.4) is 0 Å². The lowest BCUT2D eigenvalue weighted by molar-refractivity contribution is 0.179. The summed E-state index contributed by atoms with van der Waals surface area (Å²) in [5, 5.41) is 3.97. The smallest absolute Gasteiger partial charge is 0.0271 e. The van der Waals surface area contributed by atoms with Crippen LogP contribution >= 0.6 is 0 Å². The molecule has 1 aliphatic heterocycles. The van der Waals surface area contributed by atoms with Crippen molar-refractivity contribution in [2.45, 2.75) is 65.1 Å². The second kappa shape index (κ2) is 6.67. The molecule has 22 heavy (non-hydrogen) atoms. The van der Waals surface area contributed by atoms with Gasteiger partial charge in [-0.2, -0.15) is 0 Å². The van der Waals surface area contributed by atoms with Crippen LogP contribution in [0.2, 0.25) is 0 Å². The predicted molar refractivity (Wildman–Crippen MR) is 91.6 cm³/mol. The topological polar surface area (TPSA) is 28.2 Å². The molecule has 1 N–H and O–H groups in total. The summed E-state index contributed by atoms with van der Waals surface area (Å²) in [6.07, 6.45) is 9.07. The van der Waals surface area contributed by atoms with Gasteiger partial charge in [0.1, 0.15) is 0 Å². The molecule has 2 fully saturated rings. The average Bonchev–Trinajstić information content (AvgIpc) is 2.74. The summed E-state index contributed by atoms with van der Waals surface area (Å²) >= 11 is 0. The molecule has 3 heteroatoms. The third-order valence-electron chi connectivity index (χ3n) is 5.53. The van der Waals surface area contributed by atoms with E-state index >= 15 is 0 Å². The first-order chi connectivity index (χ1) is 10.5. The van der Waals surface area contributed by atoms with Crippen LogP contribution in [0.1, 0.15) is 52.0 Å². The van der Waals surface area contributed by atoms with E-state index in [-0.39, 0.29) is 0 Å². The molecule has 1 saturated heterocycles. The highest BCUT2D eigenvalue weighted by Gasteiger charge is 2.37. The molecule has 0 bridgehead atoms. The highest BCUT2D eigenvalue weighted by Crippen LogP contribution is 2.41. The van der Waals surface area contributed by atoms with Crippen LogP contribution < -0.4 is 5.32 Å². The van der Waals surface area contributed by atoms with Crippen LogP contribution in [0.15, 0.2) is 24.5 Å². The van der Waals surface area contributed by atoms with Crippen molar-refractivity contribution in [3.63, 3.8) is 0 Å². The van der Waals surface area contributed by atoms with Crippen molar-refractivity contribution in [1.29, 1.82) is 0 Å². The summed E-state index contributed by atoms with van der Waals surface area (Å²) in [5.41, 5.74) is 1.91. The molecule has 3 nitrogen and oxygen atoms in total. The lowest BCUT2D eigenvalue weighted by Gasteiger charge is -2.35. The largest absolute Gasteiger partial charge is 0.311 e. The van der Waals surface area contributed by atoms with E-state index in [2.05, 4.69) is 48.1 Å². The maximum atomic E-state index is 4.10. The Morgan fingerprint density at radius 1 is 1.18 bits per heavy atom. The number of aromatic nitrogens is 1. The standard InChI is InChI=1S/C19H31N3/c1-15-12-19(2,3)13-18(15)21-17-6-10-22(11-7-17)14-16-4-8-20-9-5-16/h4-5,8-9,15,17-18,21H,6-7,10-14H2,1-3H3/t15-,18+/m0/s1. The van der Waals surface area contributed by atoms with Gasteiger partial charge in [0.2, 0.25) is 0 Å². The van der Waals surface area contributed by atoms with Gasteiger partial charge >= 0.3 is 0 Å². The number of nitrogens with one attached hydrogen (secondary N) is 1. The lowest BCUT2D eigenvalue weighted by Crippen LogP contribution is -2.46. The molecule has 1 aliphatic carbocycles. The van der Waals surface area contributed by atoms with Crippen molar-refractivity contribution in [3.05, 3.63) is 30.1 Å². The highest BCUT2D eigenvalue weighted by atomic mass is 15.1. The number of piperidine rings is 1. The zero-order valence-electron chi connectivity index (χ0n) is 14.4. The van der Waals surface area contributed by atoms with Crippen LogP contribution in [0.5, 0.6) is 0 Å². The molecule has 122 valence electrons.